The van der Waals surface area contributed by atoms with Crippen molar-refractivity contribution in [2.75, 3.05) is 17.1 Å². The molecule has 2 aromatic rings. The minimum absolute atomic E-state index is 0.164. The molecule has 35 heavy (non-hydrogen) atoms. The summed E-state index contributed by atoms with van der Waals surface area (Å²) < 4.78 is 14.6. The Morgan fingerprint density at radius 1 is 1.23 bits per heavy atom. The van der Waals surface area contributed by atoms with Crippen molar-refractivity contribution in [1.29, 1.82) is 5.26 Å². The molecular weight excluding hydrogens is 486 g/mol. The van der Waals surface area contributed by atoms with Crippen LogP contribution in [0.5, 0.6) is 0 Å². The first-order valence-electron chi connectivity index (χ1n) is 11.7. The van der Waals surface area contributed by atoms with Crippen molar-refractivity contribution < 1.29 is 18.9 Å². The largest absolute Gasteiger partial charge is 0.481 e. The summed E-state index contributed by atoms with van der Waals surface area (Å²) in [5.41, 5.74) is 2.08. The Bertz CT molecular complexity index is 1160. The van der Waals surface area contributed by atoms with Crippen LogP contribution in [0.15, 0.2) is 48.5 Å². The monoisotopic (exact) mass is 513 g/mol. The van der Waals surface area contributed by atoms with E-state index in [4.69, 9.17) is 11.6 Å². The zero-order chi connectivity index (χ0) is 25.1. The first kappa shape index (κ1) is 25.2. The molecule has 184 valence electrons. The van der Waals surface area contributed by atoms with Gasteiger partial charge in [-0.15, -0.1) is 0 Å². The van der Waals surface area contributed by atoms with E-state index in [2.05, 4.69) is 6.07 Å². The minimum Gasteiger partial charge on any atom is -0.481 e. The van der Waals surface area contributed by atoms with E-state index >= 15 is 0 Å². The molecule has 2 fully saturated rings. The van der Waals surface area contributed by atoms with Gasteiger partial charge in [0.15, 0.2) is 0 Å². The van der Waals surface area contributed by atoms with Crippen molar-refractivity contribution in [3.8, 4) is 6.07 Å². The Hall–Kier alpha value is -2.89. The maximum Gasteiger partial charge on any atom is 0.304 e. The lowest BCUT2D eigenvalue weighted by Gasteiger charge is -2.45. The number of amides is 1. The maximum atomic E-state index is 13.8. The molecular formula is C26H28ClN3O4S. The van der Waals surface area contributed by atoms with Crippen molar-refractivity contribution in [2.24, 2.45) is 11.8 Å². The molecule has 4 rings (SSSR count). The van der Waals surface area contributed by atoms with Crippen molar-refractivity contribution in [3.05, 3.63) is 64.7 Å². The molecule has 1 saturated heterocycles. The molecule has 9 heteroatoms. The van der Waals surface area contributed by atoms with Crippen LogP contribution in [0.1, 0.15) is 49.3 Å². The maximum absolute atomic E-state index is 13.8. The highest BCUT2D eigenvalue weighted by Crippen LogP contribution is 2.44. The van der Waals surface area contributed by atoms with Crippen LogP contribution in [0.4, 0.5) is 5.69 Å². The van der Waals surface area contributed by atoms with Crippen molar-refractivity contribution >= 4 is 40.2 Å². The fourth-order valence-corrected chi connectivity index (χ4v) is 5.90. The molecule has 0 aromatic heterocycles. The van der Waals surface area contributed by atoms with E-state index in [0.29, 0.717) is 35.7 Å². The van der Waals surface area contributed by atoms with Gasteiger partial charge in [0.1, 0.15) is 11.0 Å². The fourth-order valence-electron chi connectivity index (χ4n) is 5.00. The predicted octanol–water partition coefficient (Wildman–Crippen LogP) is 4.54. The van der Waals surface area contributed by atoms with Crippen LogP contribution in [0.3, 0.4) is 0 Å². The second kappa shape index (κ2) is 10.8. The molecule has 1 heterocycles. The zero-order valence-electron chi connectivity index (χ0n) is 19.5. The molecule has 1 N–H and O–H groups in total. The average Bonchev–Trinajstić information content (AvgIpc) is 3.67. The number of likely N-dealkylation sites (tertiary alicyclic amines) is 1. The number of carboxylic acid groups (broad SMARTS) is 1. The predicted molar refractivity (Wildman–Crippen MR) is 135 cm³/mol. The van der Waals surface area contributed by atoms with Crippen molar-refractivity contribution in [3.63, 3.8) is 0 Å². The normalized spacial score (nSPS) is 21.7. The number of benzene rings is 2. The molecule has 7 nitrogen and oxygen atoms in total. The van der Waals surface area contributed by atoms with Crippen LogP contribution in [-0.2, 0) is 20.6 Å². The van der Waals surface area contributed by atoms with Gasteiger partial charge in [-0.1, -0.05) is 29.8 Å². The van der Waals surface area contributed by atoms with Gasteiger partial charge in [-0.25, -0.2) is 4.21 Å². The van der Waals surface area contributed by atoms with Crippen LogP contribution in [0, 0.1) is 23.2 Å². The molecule has 2 aliphatic rings. The van der Waals surface area contributed by atoms with Crippen LogP contribution in [-0.4, -0.2) is 44.9 Å². The number of nitriles is 1. The second-order valence-electron chi connectivity index (χ2n) is 9.24. The van der Waals surface area contributed by atoms with Crippen LogP contribution < -0.4 is 4.31 Å². The first-order chi connectivity index (χ1) is 16.8. The van der Waals surface area contributed by atoms with E-state index < -0.39 is 22.9 Å². The Kier molecular flexibility index (Phi) is 7.78. The van der Waals surface area contributed by atoms with Gasteiger partial charge in [-0.2, -0.15) is 5.26 Å². The third kappa shape index (κ3) is 5.85. The highest BCUT2D eigenvalue weighted by atomic mass is 35.5. The summed E-state index contributed by atoms with van der Waals surface area (Å²) in [5.74, 6) is -1.49. The number of carbonyl (C=O) groups excluding carboxylic acids is 1. The van der Waals surface area contributed by atoms with Gasteiger partial charge in [0.25, 0.3) is 0 Å². The smallest absolute Gasteiger partial charge is 0.304 e. The Morgan fingerprint density at radius 2 is 1.94 bits per heavy atom. The lowest BCUT2D eigenvalue weighted by molar-refractivity contribution is -0.151. The van der Waals surface area contributed by atoms with E-state index in [1.807, 2.05) is 23.1 Å². The van der Waals surface area contributed by atoms with Crippen molar-refractivity contribution in [1.82, 2.24) is 4.90 Å². The molecule has 1 aliphatic heterocycles. The highest BCUT2D eigenvalue weighted by Gasteiger charge is 2.46. The van der Waals surface area contributed by atoms with Crippen molar-refractivity contribution in [2.45, 2.75) is 44.2 Å². The van der Waals surface area contributed by atoms with Gasteiger partial charge < -0.3 is 10.0 Å². The number of rotatable bonds is 9. The molecule has 0 spiro atoms. The quantitative estimate of drug-likeness (QED) is 0.530. The number of carboxylic acids is 1. The van der Waals surface area contributed by atoms with Gasteiger partial charge >= 0.3 is 5.97 Å². The van der Waals surface area contributed by atoms with E-state index in [9.17, 15) is 24.2 Å². The van der Waals surface area contributed by atoms with Crippen LogP contribution in [0.2, 0.25) is 5.02 Å². The summed E-state index contributed by atoms with van der Waals surface area (Å²) in [7, 11) is -1.39. The number of halogens is 1. The summed E-state index contributed by atoms with van der Waals surface area (Å²) in [5, 5.41) is 19.3. The standard InChI is InChI=1S/C26H28ClN3O4S/c1-35(34)29(22-4-2-3-17(13-22)15-28)16-24(19-5-6-19)30-23(18-7-10-21(27)11-8-18)12-9-20(26(30)33)14-25(31)32/h2-4,7-8,10-11,13,19-20,23-24H,5-6,9,12,14,16H2,1H3,(H,31,32). The molecule has 1 saturated carbocycles. The van der Waals surface area contributed by atoms with Gasteiger partial charge in [-0.3, -0.25) is 13.9 Å². The number of piperidine rings is 1. The summed E-state index contributed by atoms with van der Waals surface area (Å²) in [6, 6.07) is 16.1. The second-order valence-corrected chi connectivity index (χ2v) is 11.0. The third-order valence-corrected chi connectivity index (χ3v) is 8.09. The number of hydrogen-bond acceptors (Lipinski definition) is 4. The van der Waals surface area contributed by atoms with Gasteiger partial charge in [0.2, 0.25) is 5.91 Å². The summed E-state index contributed by atoms with van der Waals surface area (Å²) in [6.07, 6.45) is 4.44. The molecule has 4 atom stereocenters. The van der Waals surface area contributed by atoms with E-state index in [1.165, 1.54) is 0 Å². The Morgan fingerprint density at radius 3 is 2.54 bits per heavy atom. The zero-order valence-corrected chi connectivity index (χ0v) is 21.0. The minimum atomic E-state index is -1.39. The summed E-state index contributed by atoms with van der Waals surface area (Å²) in [6.45, 7) is 0.332. The van der Waals surface area contributed by atoms with Crippen LogP contribution in [0.25, 0.3) is 0 Å². The lowest BCUT2D eigenvalue weighted by atomic mass is 9.84. The molecule has 0 radical (unpaired) electrons. The Balaban J connectivity index is 1.71. The van der Waals surface area contributed by atoms with E-state index in [1.54, 1.807) is 40.9 Å². The highest BCUT2D eigenvalue weighted by molar-refractivity contribution is 7.85. The topological polar surface area (TPSA) is 102 Å². The van der Waals surface area contributed by atoms with Crippen LogP contribution >= 0.6 is 11.6 Å². The summed E-state index contributed by atoms with van der Waals surface area (Å²) in [4.78, 5) is 27.1. The molecule has 2 aromatic carbocycles. The first-order valence-corrected chi connectivity index (χ1v) is 13.6. The van der Waals surface area contributed by atoms with Gasteiger partial charge in [0, 0.05) is 17.2 Å². The molecule has 1 amide bonds. The van der Waals surface area contributed by atoms with E-state index in [0.717, 1.165) is 18.4 Å². The molecule has 1 aliphatic carbocycles. The number of nitrogens with zero attached hydrogens (tertiary/aromatic N) is 3. The number of carbonyl (C=O) groups is 2. The molecule has 0 bridgehead atoms. The average molecular weight is 514 g/mol. The van der Waals surface area contributed by atoms with E-state index in [-0.39, 0.29) is 30.3 Å². The van der Waals surface area contributed by atoms with Gasteiger partial charge in [0.05, 0.1) is 42.4 Å². The SMILES string of the molecule is CS(=O)N(CC(C1CC1)N1C(=O)C(CC(=O)O)CCC1c1ccc(Cl)cc1)c1cccc(C#N)c1. The lowest BCUT2D eigenvalue weighted by Crippen LogP contribution is -2.54. The fraction of sp³-hybridized carbons (Fsp3) is 0.423. The number of hydrogen-bond donors (Lipinski definition) is 1. The third-order valence-electron chi connectivity index (χ3n) is 6.85. The summed E-state index contributed by atoms with van der Waals surface area (Å²) >= 11 is 6.11. The number of anilines is 1. The molecule has 4 unspecified atom stereocenters. The van der Waals surface area contributed by atoms with Gasteiger partial charge in [-0.05, 0) is 67.5 Å². The Labute approximate surface area is 212 Å². The number of aliphatic carboxylic acids is 1.